The number of alkyl halides is 2. The van der Waals surface area contributed by atoms with Crippen LogP contribution in [0.4, 0.5) is 8.78 Å². The van der Waals surface area contributed by atoms with Crippen LogP contribution in [0.15, 0.2) is 0 Å². The van der Waals surface area contributed by atoms with Crippen molar-refractivity contribution in [2.45, 2.75) is 25.2 Å². The van der Waals surface area contributed by atoms with E-state index in [0.717, 1.165) is 0 Å². The fourth-order valence-electron chi connectivity index (χ4n) is 0.822. The number of nitriles is 1. The maximum absolute atomic E-state index is 12.0. The van der Waals surface area contributed by atoms with Gasteiger partial charge in [0, 0.05) is 18.8 Å². The summed E-state index contributed by atoms with van der Waals surface area (Å²) in [5.74, 6) is -2.92. The Hall–Kier alpha value is -0.650. The predicted molar refractivity (Wildman–Crippen MR) is 27.9 cm³/mol. The van der Waals surface area contributed by atoms with Crippen LogP contribution in [0.1, 0.15) is 19.3 Å². The van der Waals surface area contributed by atoms with Crippen LogP contribution in [-0.4, -0.2) is 5.92 Å². The van der Waals surface area contributed by atoms with Crippen LogP contribution in [0.2, 0.25) is 0 Å². The first-order valence-electron chi connectivity index (χ1n) is 2.91. The molecule has 0 heterocycles. The van der Waals surface area contributed by atoms with Gasteiger partial charge in [-0.2, -0.15) is 5.26 Å². The third kappa shape index (κ3) is 1.38. The van der Waals surface area contributed by atoms with E-state index in [2.05, 4.69) is 0 Å². The van der Waals surface area contributed by atoms with E-state index in [0.29, 0.717) is 6.42 Å². The van der Waals surface area contributed by atoms with E-state index in [1.165, 1.54) is 0 Å². The topological polar surface area (TPSA) is 23.8 Å². The Balaban J connectivity index is 2.14. The smallest absolute Gasteiger partial charge is 0.207 e. The summed E-state index contributed by atoms with van der Waals surface area (Å²) < 4.78 is 24.0. The largest absolute Gasteiger partial charge is 0.251 e. The predicted octanol–water partition coefficient (Wildman–Crippen LogP) is 1.95. The summed E-state index contributed by atoms with van der Waals surface area (Å²) in [5, 5.41) is 8.02. The molecular formula is C6H7F2N. The van der Waals surface area contributed by atoms with Gasteiger partial charge >= 0.3 is 0 Å². The second kappa shape index (κ2) is 1.94. The van der Waals surface area contributed by atoms with Gasteiger partial charge in [-0.3, -0.25) is 0 Å². The maximum Gasteiger partial charge on any atom is 0.251 e. The average Bonchev–Trinajstić information content (AvgIpc) is 2.35. The first kappa shape index (κ1) is 6.47. The molecule has 0 spiro atoms. The molecule has 3 heteroatoms. The molecule has 1 unspecified atom stereocenters. The highest BCUT2D eigenvalue weighted by Gasteiger charge is 2.55. The molecule has 1 saturated carbocycles. The lowest BCUT2D eigenvalue weighted by molar-refractivity contribution is 0.0974. The van der Waals surface area contributed by atoms with E-state index in [1.54, 1.807) is 0 Å². The minimum atomic E-state index is -2.43. The molecule has 0 amide bonds. The van der Waals surface area contributed by atoms with E-state index < -0.39 is 11.8 Å². The van der Waals surface area contributed by atoms with Crippen molar-refractivity contribution in [1.82, 2.24) is 0 Å². The summed E-state index contributed by atoms with van der Waals surface area (Å²) in [5.41, 5.74) is 0. The van der Waals surface area contributed by atoms with Crippen LogP contribution in [0.3, 0.4) is 0 Å². The van der Waals surface area contributed by atoms with Crippen molar-refractivity contribution in [3.63, 3.8) is 0 Å². The van der Waals surface area contributed by atoms with Gasteiger partial charge in [-0.15, -0.1) is 0 Å². The molecule has 0 saturated heterocycles. The van der Waals surface area contributed by atoms with Crippen molar-refractivity contribution in [2.24, 2.45) is 5.92 Å². The van der Waals surface area contributed by atoms with Crippen molar-refractivity contribution in [3.05, 3.63) is 0 Å². The van der Waals surface area contributed by atoms with Crippen LogP contribution < -0.4 is 0 Å². The highest BCUT2D eigenvalue weighted by atomic mass is 19.3. The third-order valence-electron chi connectivity index (χ3n) is 1.56. The van der Waals surface area contributed by atoms with Crippen LogP contribution in [0.25, 0.3) is 0 Å². The van der Waals surface area contributed by atoms with E-state index in [9.17, 15) is 8.78 Å². The Morgan fingerprint density at radius 1 is 1.67 bits per heavy atom. The zero-order chi connectivity index (χ0) is 6.91. The fraction of sp³-hybridized carbons (Fsp3) is 0.833. The first-order chi connectivity index (χ1) is 4.17. The minimum absolute atomic E-state index is 0.00528. The minimum Gasteiger partial charge on any atom is -0.207 e. The lowest BCUT2D eigenvalue weighted by atomic mass is 10.2. The summed E-state index contributed by atoms with van der Waals surface area (Å²) >= 11 is 0. The van der Waals surface area contributed by atoms with Crippen molar-refractivity contribution < 1.29 is 8.78 Å². The molecule has 1 aliphatic carbocycles. The summed E-state index contributed by atoms with van der Waals surface area (Å²) in [6, 6.07) is 1.84. The molecule has 0 N–H and O–H groups in total. The summed E-state index contributed by atoms with van der Waals surface area (Å²) in [4.78, 5) is 0. The van der Waals surface area contributed by atoms with E-state index in [4.69, 9.17) is 5.26 Å². The SMILES string of the molecule is N#CCCC1CC1(F)F. The quantitative estimate of drug-likeness (QED) is 0.561. The molecule has 1 fully saturated rings. The van der Waals surface area contributed by atoms with Crippen LogP contribution in [0, 0.1) is 17.2 Å². The summed E-state index contributed by atoms with van der Waals surface area (Å²) in [7, 11) is 0. The first-order valence-corrected chi connectivity index (χ1v) is 2.91. The molecule has 0 aromatic rings. The molecule has 0 aliphatic heterocycles. The van der Waals surface area contributed by atoms with Gasteiger partial charge in [-0.1, -0.05) is 0 Å². The van der Waals surface area contributed by atoms with Crippen molar-refractivity contribution in [2.75, 3.05) is 0 Å². The van der Waals surface area contributed by atoms with Gasteiger partial charge < -0.3 is 0 Å². The molecule has 1 nitrogen and oxygen atoms in total. The molecule has 0 radical (unpaired) electrons. The standard InChI is InChI=1S/C6H7F2N/c7-6(8)4-5(6)2-1-3-9/h5H,1-2,4H2. The molecule has 1 atom stereocenters. The van der Waals surface area contributed by atoms with E-state index in [-0.39, 0.29) is 12.8 Å². The molecule has 1 aliphatic rings. The zero-order valence-electron chi connectivity index (χ0n) is 4.90. The van der Waals surface area contributed by atoms with Gasteiger partial charge in [0.1, 0.15) is 0 Å². The Bertz CT molecular complexity index is 148. The molecule has 50 valence electrons. The maximum atomic E-state index is 12.0. The number of nitrogens with zero attached hydrogens (tertiary/aromatic N) is 1. The number of rotatable bonds is 2. The van der Waals surface area contributed by atoms with Gasteiger partial charge in [0.15, 0.2) is 0 Å². The van der Waals surface area contributed by atoms with E-state index in [1.807, 2.05) is 6.07 Å². The molecule has 1 rings (SSSR count). The Morgan fingerprint density at radius 2 is 2.22 bits per heavy atom. The molecule has 0 aromatic heterocycles. The number of hydrogen-bond donors (Lipinski definition) is 0. The van der Waals surface area contributed by atoms with Crippen LogP contribution in [0.5, 0.6) is 0 Å². The monoisotopic (exact) mass is 131 g/mol. The van der Waals surface area contributed by atoms with Crippen LogP contribution in [-0.2, 0) is 0 Å². The molecular weight excluding hydrogens is 124 g/mol. The zero-order valence-corrected chi connectivity index (χ0v) is 4.90. The highest BCUT2D eigenvalue weighted by Crippen LogP contribution is 2.50. The fourth-order valence-corrected chi connectivity index (χ4v) is 0.822. The van der Waals surface area contributed by atoms with Gasteiger partial charge in [0.25, 0.3) is 5.92 Å². The average molecular weight is 131 g/mol. The van der Waals surface area contributed by atoms with Crippen LogP contribution >= 0.6 is 0 Å². The lowest BCUT2D eigenvalue weighted by Gasteiger charge is -1.89. The normalized spacial score (nSPS) is 29.2. The van der Waals surface area contributed by atoms with Crippen molar-refractivity contribution >= 4 is 0 Å². The van der Waals surface area contributed by atoms with Gasteiger partial charge in [-0.25, -0.2) is 8.78 Å². The number of hydrogen-bond acceptors (Lipinski definition) is 1. The summed E-state index contributed by atoms with van der Waals surface area (Å²) in [6.45, 7) is 0. The highest BCUT2D eigenvalue weighted by molar-refractivity contribution is 4.96. The molecule has 9 heavy (non-hydrogen) atoms. The third-order valence-corrected chi connectivity index (χ3v) is 1.56. The Kier molecular flexibility index (Phi) is 1.40. The second-order valence-electron chi connectivity index (χ2n) is 2.36. The van der Waals surface area contributed by atoms with Gasteiger partial charge in [-0.05, 0) is 6.42 Å². The molecule has 0 aromatic carbocycles. The number of halogens is 2. The van der Waals surface area contributed by atoms with Gasteiger partial charge in [0.05, 0.1) is 6.07 Å². The van der Waals surface area contributed by atoms with E-state index >= 15 is 0 Å². The van der Waals surface area contributed by atoms with Gasteiger partial charge in [0.2, 0.25) is 0 Å². The Labute approximate surface area is 52.3 Å². The van der Waals surface area contributed by atoms with Crippen molar-refractivity contribution in [1.29, 1.82) is 5.26 Å². The summed E-state index contributed by atoms with van der Waals surface area (Å²) in [6.07, 6.45) is 0.623. The molecule has 0 bridgehead atoms. The Morgan fingerprint density at radius 3 is 2.56 bits per heavy atom. The lowest BCUT2D eigenvalue weighted by Crippen LogP contribution is -1.92. The van der Waals surface area contributed by atoms with Crippen molar-refractivity contribution in [3.8, 4) is 6.07 Å². The second-order valence-corrected chi connectivity index (χ2v) is 2.36.